The molecule has 10 heteroatoms. The molecule has 2 N–H and O–H groups in total. The minimum absolute atomic E-state index is 0.204. The number of rotatable bonds is 8. The standard InChI is InChI=1S/C22H33N7O2Si/c1-15-10-24-17(11-23-15)26-18-12-25-20-19(27-18)16(21(30)28-22(2,3)4)13-29(20)14-31-8-9-32(5,6)7/h10-13H,8-9,14H2,1-7H3,(H,28,30)(H,24,26,27). The number of anilines is 2. The lowest BCUT2D eigenvalue weighted by atomic mass is 10.1. The fourth-order valence-corrected chi connectivity index (χ4v) is 3.67. The number of amides is 1. The van der Waals surface area contributed by atoms with E-state index in [2.05, 4.69) is 50.2 Å². The molecule has 172 valence electrons. The highest BCUT2D eigenvalue weighted by Gasteiger charge is 2.22. The number of hydrogen-bond acceptors (Lipinski definition) is 7. The van der Waals surface area contributed by atoms with Gasteiger partial charge in [-0.3, -0.25) is 9.78 Å². The first kappa shape index (κ1) is 23.8. The smallest absolute Gasteiger partial charge is 0.255 e. The summed E-state index contributed by atoms with van der Waals surface area (Å²) < 4.78 is 7.73. The Kier molecular flexibility index (Phi) is 6.94. The molecule has 0 unspecified atom stereocenters. The second kappa shape index (κ2) is 9.33. The average molecular weight is 456 g/mol. The SMILES string of the molecule is Cc1cnc(Nc2cnc3c(n2)c(C(=O)NC(C)(C)C)cn3COCC[Si](C)(C)C)cn1. The minimum Gasteiger partial charge on any atom is -0.361 e. The second-order valence-electron chi connectivity index (χ2n) is 10.2. The number of aryl methyl sites for hydroxylation is 1. The maximum Gasteiger partial charge on any atom is 0.255 e. The molecule has 0 aromatic carbocycles. The van der Waals surface area contributed by atoms with Gasteiger partial charge in [0, 0.05) is 26.4 Å². The summed E-state index contributed by atoms with van der Waals surface area (Å²) in [6.07, 6.45) is 6.68. The van der Waals surface area contributed by atoms with Crippen LogP contribution in [-0.4, -0.2) is 50.6 Å². The number of fused-ring (bicyclic) bond motifs is 1. The van der Waals surface area contributed by atoms with Gasteiger partial charge in [0.2, 0.25) is 0 Å². The number of nitrogens with one attached hydrogen (secondary N) is 2. The molecule has 0 atom stereocenters. The molecule has 0 aliphatic rings. The third-order valence-electron chi connectivity index (χ3n) is 4.56. The largest absolute Gasteiger partial charge is 0.361 e. The van der Waals surface area contributed by atoms with E-state index in [0.717, 1.165) is 11.7 Å². The van der Waals surface area contributed by atoms with Crippen LogP contribution in [0.3, 0.4) is 0 Å². The lowest BCUT2D eigenvalue weighted by molar-refractivity contribution is 0.0886. The summed E-state index contributed by atoms with van der Waals surface area (Å²) in [4.78, 5) is 30.7. The van der Waals surface area contributed by atoms with Crippen molar-refractivity contribution in [1.82, 2.24) is 29.8 Å². The molecule has 3 aromatic rings. The Balaban J connectivity index is 1.90. The molecule has 0 fully saturated rings. The second-order valence-corrected chi connectivity index (χ2v) is 15.8. The molecule has 0 spiro atoms. The van der Waals surface area contributed by atoms with Crippen LogP contribution >= 0.6 is 0 Å². The summed E-state index contributed by atoms with van der Waals surface area (Å²) in [7, 11) is -1.18. The first-order valence-corrected chi connectivity index (χ1v) is 14.4. The van der Waals surface area contributed by atoms with Crippen molar-refractivity contribution in [3.8, 4) is 0 Å². The van der Waals surface area contributed by atoms with Gasteiger partial charge in [0.1, 0.15) is 18.1 Å². The van der Waals surface area contributed by atoms with Gasteiger partial charge < -0.3 is 19.9 Å². The zero-order valence-electron chi connectivity index (χ0n) is 20.0. The van der Waals surface area contributed by atoms with Crippen molar-refractivity contribution >= 4 is 36.8 Å². The van der Waals surface area contributed by atoms with Crippen molar-refractivity contribution in [2.75, 3.05) is 11.9 Å². The van der Waals surface area contributed by atoms with Gasteiger partial charge in [-0.15, -0.1) is 0 Å². The first-order chi connectivity index (χ1) is 14.9. The maximum atomic E-state index is 13.0. The van der Waals surface area contributed by atoms with Gasteiger partial charge in [-0.1, -0.05) is 19.6 Å². The van der Waals surface area contributed by atoms with E-state index in [4.69, 9.17) is 4.74 Å². The Bertz CT molecular complexity index is 1080. The van der Waals surface area contributed by atoms with E-state index in [0.29, 0.717) is 41.7 Å². The van der Waals surface area contributed by atoms with Crippen LogP contribution in [0.25, 0.3) is 11.2 Å². The molecule has 3 rings (SSSR count). The third kappa shape index (κ3) is 6.57. The lowest BCUT2D eigenvalue weighted by Gasteiger charge is -2.20. The lowest BCUT2D eigenvalue weighted by Crippen LogP contribution is -2.40. The zero-order valence-corrected chi connectivity index (χ0v) is 21.0. The number of carbonyl (C=O) groups excluding carboxylic acids is 1. The van der Waals surface area contributed by atoms with Gasteiger partial charge in [-0.05, 0) is 33.7 Å². The van der Waals surface area contributed by atoms with Gasteiger partial charge >= 0.3 is 0 Å². The third-order valence-corrected chi connectivity index (χ3v) is 6.27. The van der Waals surface area contributed by atoms with Crippen LogP contribution in [0, 0.1) is 6.92 Å². The Hall–Kier alpha value is -2.85. The first-order valence-electron chi connectivity index (χ1n) is 10.7. The predicted octanol–water partition coefficient (Wildman–Crippen LogP) is 4.11. The Labute approximate surface area is 190 Å². The summed E-state index contributed by atoms with van der Waals surface area (Å²) in [5, 5.41) is 6.11. The van der Waals surface area contributed by atoms with Crippen LogP contribution in [0.5, 0.6) is 0 Å². The summed E-state index contributed by atoms with van der Waals surface area (Å²) in [6.45, 7) is 15.6. The highest BCUT2D eigenvalue weighted by Crippen LogP contribution is 2.22. The van der Waals surface area contributed by atoms with Crippen LogP contribution < -0.4 is 10.6 Å². The number of ether oxygens (including phenoxy) is 1. The average Bonchev–Trinajstić information content (AvgIpc) is 3.03. The molecule has 0 aliphatic heterocycles. The summed E-state index contributed by atoms with van der Waals surface area (Å²) >= 11 is 0. The van der Waals surface area contributed by atoms with Gasteiger partial charge in [0.15, 0.2) is 11.5 Å². The molecule has 0 saturated carbocycles. The number of nitrogens with zero attached hydrogens (tertiary/aromatic N) is 5. The highest BCUT2D eigenvalue weighted by molar-refractivity contribution is 6.76. The van der Waals surface area contributed by atoms with Gasteiger partial charge in [0.05, 0.1) is 29.8 Å². The number of hydrogen-bond donors (Lipinski definition) is 2. The van der Waals surface area contributed by atoms with Gasteiger partial charge in [0.25, 0.3) is 5.91 Å². The topological polar surface area (TPSA) is 107 Å². The molecule has 3 aromatic heterocycles. The van der Waals surface area contributed by atoms with Crippen LogP contribution in [0.1, 0.15) is 36.8 Å². The van der Waals surface area contributed by atoms with E-state index in [1.165, 1.54) is 0 Å². The predicted molar refractivity (Wildman–Crippen MR) is 129 cm³/mol. The summed E-state index contributed by atoms with van der Waals surface area (Å²) in [5.74, 6) is 0.835. The highest BCUT2D eigenvalue weighted by atomic mass is 28.3. The van der Waals surface area contributed by atoms with Crippen molar-refractivity contribution in [1.29, 1.82) is 0 Å². The fourth-order valence-electron chi connectivity index (χ4n) is 2.91. The number of carbonyl (C=O) groups is 1. The molecular weight excluding hydrogens is 422 g/mol. The van der Waals surface area contributed by atoms with Crippen LogP contribution in [0.15, 0.2) is 24.8 Å². The molecule has 1 amide bonds. The maximum absolute atomic E-state index is 13.0. The minimum atomic E-state index is -1.18. The van der Waals surface area contributed by atoms with Gasteiger partial charge in [-0.2, -0.15) is 0 Å². The Morgan fingerprint density at radius 3 is 2.44 bits per heavy atom. The monoisotopic (exact) mass is 455 g/mol. The van der Waals surface area contributed by atoms with Crippen molar-refractivity contribution in [2.45, 2.75) is 65.6 Å². The van der Waals surface area contributed by atoms with E-state index in [-0.39, 0.29) is 11.4 Å². The Morgan fingerprint density at radius 1 is 1.09 bits per heavy atom. The molecular formula is C22H33N7O2Si. The molecule has 0 bridgehead atoms. The summed E-state index contributed by atoms with van der Waals surface area (Å²) in [5.41, 5.74) is 2.00. The molecule has 0 radical (unpaired) electrons. The van der Waals surface area contributed by atoms with Crippen molar-refractivity contribution < 1.29 is 9.53 Å². The van der Waals surface area contributed by atoms with E-state index < -0.39 is 8.07 Å². The normalized spacial score (nSPS) is 12.2. The van der Waals surface area contributed by atoms with Crippen molar-refractivity contribution in [3.05, 3.63) is 36.0 Å². The molecule has 3 heterocycles. The quantitative estimate of drug-likeness (QED) is 0.389. The van der Waals surface area contributed by atoms with Crippen LogP contribution in [-0.2, 0) is 11.5 Å². The van der Waals surface area contributed by atoms with E-state index in [1.54, 1.807) is 24.8 Å². The fraction of sp³-hybridized carbons (Fsp3) is 0.500. The Morgan fingerprint density at radius 2 is 1.81 bits per heavy atom. The van der Waals surface area contributed by atoms with Crippen molar-refractivity contribution in [3.63, 3.8) is 0 Å². The zero-order chi connectivity index (χ0) is 23.5. The van der Waals surface area contributed by atoms with Crippen LogP contribution in [0.2, 0.25) is 25.7 Å². The molecule has 32 heavy (non-hydrogen) atoms. The van der Waals surface area contributed by atoms with E-state index in [1.807, 2.05) is 32.3 Å². The van der Waals surface area contributed by atoms with Crippen molar-refractivity contribution in [2.24, 2.45) is 0 Å². The molecule has 0 aliphatic carbocycles. The van der Waals surface area contributed by atoms with E-state index >= 15 is 0 Å². The summed E-state index contributed by atoms with van der Waals surface area (Å²) in [6, 6.07) is 1.07. The van der Waals surface area contributed by atoms with Crippen LogP contribution in [0.4, 0.5) is 11.6 Å². The van der Waals surface area contributed by atoms with Gasteiger partial charge in [-0.25, -0.2) is 15.0 Å². The van der Waals surface area contributed by atoms with E-state index in [9.17, 15) is 4.79 Å². The number of aromatic nitrogens is 5. The molecule has 9 nitrogen and oxygen atoms in total. The molecule has 0 saturated heterocycles.